The molecule has 1 amide bonds. The Morgan fingerprint density at radius 3 is 2.62 bits per heavy atom. The molecule has 0 spiro atoms. The number of hydrogen-bond acceptors (Lipinski definition) is 4. The van der Waals surface area contributed by atoms with Crippen molar-refractivity contribution in [3.05, 3.63) is 40.9 Å². The average molecular weight is 392 g/mol. The van der Waals surface area contributed by atoms with E-state index in [4.69, 9.17) is 5.73 Å². The highest BCUT2D eigenvalue weighted by Gasteiger charge is 2.42. The highest BCUT2D eigenvalue weighted by atomic mass is 35.5. The summed E-state index contributed by atoms with van der Waals surface area (Å²) < 4.78 is 0. The lowest BCUT2D eigenvalue weighted by atomic mass is 9.98. The van der Waals surface area contributed by atoms with Gasteiger partial charge in [0.1, 0.15) is 10.7 Å². The normalized spacial score (nSPS) is 24.6. The predicted octanol–water partition coefficient (Wildman–Crippen LogP) is 4.16. The Balaban J connectivity index is 0.00000196. The maximum Gasteiger partial charge on any atom is 0.273 e. The quantitative estimate of drug-likeness (QED) is 0.854. The molecule has 1 aliphatic heterocycles. The Morgan fingerprint density at radius 1 is 1.23 bits per heavy atom. The van der Waals surface area contributed by atoms with Gasteiger partial charge in [0.15, 0.2) is 0 Å². The third-order valence-electron chi connectivity index (χ3n) is 5.75. The van der Waals surface area contributed by atoms with Crippen LogP contribution < -0.4 is 5.73 Å². The number of carbonyl (C=O) groups is 1. The van der Waals surface area contributed by atoms with Crippen molar-refractivity contribution in [2.24, 2.45) is 17.6 Å². The zero-order chi connectivity index (χ0) is 17.6. The number of hydrogen-bond donors (Lipinski definition) is 1. The Labute approximate surface area is 165 Å². The molecule has 6 heteroatoms. The number of rotatable bonds is 3. The summed E-state index contributed by atoms with van der Waals surface area (Å²) in [5, 5.41) is 2.80. The van der Waals surface area contributed by atoms with E-state index in [2.05, 4.69) is 43.1 Å². The van der Waals surface area contributed by atoms with Gasteiger partial charge < -0.3 is 10.6 Å². The Bertz CT molecular complexity index is 774. The summed E-state index contributed by atoms with van der Waals surface area (Å²) in [5.41, 5.74) is 9.15. The van der Waals surface area contributed by atoms with Crippen molar-refractivity contribution in [1.29, 1.82) is 0 Å². The van der Waals surface area contributed by atoms with E-state index in [1.807, 2.05) is 10.3 Å². The minimum atomic E-state index is 0. The van der Waals surface area contributed by atoms with Crippen molar-refractivity contribution < 1.29 is 4.79 Å². The maximum atomic E-state index is 12.8. The summed E-state index contributed by atoms with van der Waals surface area (Å²) in [6, 6.07) is 8.75. The van der Waals surface area contributed by atoms with Gasteiger partial charge in [-0.1, -0.05) is 38.1 Å². The molecule has 4 rings (SSSR count). The van der Waals surface area contributed by atoms with Crippen LogP contribution in [0.5, 0.6) is 0 Å². The number of halogens is 1. The first-order chi connectivity index (χ1) is 12.0. The summed E-state index contributed by atoms with van der Waals surface area (Å²) in [7, 11) is 0. The van der Waals surface area contributed by atoms with E-state index in [-0.39, 0.29) is 24.4 Å². The first-order valence-electron chi connectivity index (χ1n) is 9.13. The van der Waals surface area contributed by atoms with E-state index < -0.39 is 0 Å². The van der Waals surface area contributed by atoms with Gasteiger partial charge in [-0.25, -0.2) is 4.98 Å². The summed E-state index contributed by atoms with van der Waals surface area (Å²) in [4.78, 5) is 19.4. The number of aromatic nitrogens is 1. The first-order valence-corrected chi connectivity index (χ1v) is 10.0. The second-order valence-electron chi connectivity index (χ2n) is 7.69. The third kappa shape index (κ3) is 3.53. The molecule has 2 heterocycles. The van der Waals surface area contributed by atoms with Gasteiger partial charge in [0.05, 0.1) is 0 Å². The van der Waals surface area contributed by atoms with E-state index in [0.29, 0.717) is 23.4 Å². The molecular formula is C20H26ClN3OS. The number of nitrogens with two attached hydrogens (primary N) is 1. The molecule has 1 saturated heterocycles. The van der Waals surface area contributed by atoms with Crippen molar-refractivity contribution >= 4 is 29.7 Å². The average Bonchev–Trinajstić information content (AvgIpc) is 3.32. The molecule has 2 aliphatic rings. The summed E-state index contributed by atoms with van der Waals surface area (Å²) in [6.45, 7) is 6.01. The van der Waals surface area contributed by atoms with Crippen LogP contribution in [-0.2, 0) is 0 Å². The molecule has 26 heavy (non-hydrogen) atoms. The molecule has 2 N–H and O–H groups in total. The highest BCUT2D eigenvalue weighted by molar-refractivity contribution is 7.13. The molecule has 3 unspecified atom stereocenters. The number of nitrogens with zero attached hydrogens (tertiary/aromatic N) is 2. The summed E-state index contributed by atoms with van der Waals surface area (Å²) in [6.07, 6.45) is 2.25. The lowest BCUT2D eigenvalue weighted by molar-refractivity contribution is 0.0774. The second-order valence-corrected chi connectivity index (χ2v) is 8.55. The van der Waals surface area contributed by atoms with Crippen molar-refractivity contribution in [3.63, 3.8) is 0 Å². The molecule has 140 valence electrons. The van der Waals surface area contributed by atoms with Crippen molar-refractivity contribution in [2.75, 3.05) is 13.1 Å². The summed E-state index contributed by atoms with van der Waals surface area (Å²) in [5.74, 6) is 1.64. The van der Waals surface area contributed by atoms with E-state index >= 15 is 0 Å². The van der Waals surface area contributed by atoms with Crippen LogP contribution in [0.15, 0.2) is 29.6 Å². The zero-order valence-corrected chi connectivity index (χ0v) is 16.9. The minimum absolute atomic E-state index is 0. The lowest BCUT2D eigenvalue weighted by Gasteiger charge is -2.17. The monoisotopic (exact) mass is 391 g/mol. The fourth-order valence-corrected chi connectivity index (χ4v) is 4.95. The molecule has 0 radical (unpaired) electrons. The van der Waals surface area contributed by atoms with Crippen LogP contribution in [0, 0.1) is 11.8 Å². The Morgan fingerprint density at radius 2 is 1.96 bits per heavy atom. The molecule has 1 aliphatic carbocycles. The number of amides is 1. The summed E-state index contributed by atoms with van der Waals surface area (Å²) >= 11 is 1.54. The number of benzene rings is 1. The van der Waals surface area contributed by atoms with Gasteiger partial charge in [0.25, 0.3) is 5.91 Å². The van der Waals surface area contributed by atoms with Crippen molar-refractivity contribution in [1.82, 2.24) is 9.88 Å². The van der Waals surface area contributed by atoms with Crippen LogP contribution in [-0.4, -0.2) is 34.9 Å². The fraction of sp³-hybridized carbons (Fsp3) is 0.500. The number of carbonyl (C=O) groups excluding carboxylic acids is 1. The Kier molecular flexibility index (Phi) is 5.70. The minimum Gasteiger partial charge on any atom is -0.337 e. The molecule has 0 bridgehead atoms. The smallest absolute Gasteiger partial charge is 0.273 e. The van der Waals surface area contributed by atoms with Gasteiger partial charge >= 0.3 is 0 Å². The van der Waals surface area contributed by atoms with E-state index in [9.17, 15) is 4.79 Å². The van der Waals surface area contributed by atoms with Gasteiger partial charge in [-0.3, -0.25) is 4.79 Å². The SMILES string of the molecule is CC(C)c1ccc(-c2nc(C(=O)N3CC4CCC(N)C4C3)cs2)cc1.Cl. The topological polar surface area (TPSA) is 59.2 Å². The van der Waals surface area contributed by atoms with Crippen molar-refractivity contribution in [2.45, 2.75) is 38.6 Å². The second kappa shape index (κ2) is 7.67. The molecular weight excluding hydrogens is 366 g/mol. The van der Waals surface area contributed by atoms with Gasteiger partial charge in [-0.2, -0.15) is 0 Å². The molecule has 2 aromatic rings. The Hall–Kier alpha value is -1.43. The van der Waals surface area contributed by atoms with Crippen LogP contribution in [0.25, 0.3) is 10.6 Å². The van der Waals surface area contributed by atoms with Gasteiger partial charge in [0, 0.05) is 30.1 Å². The van der Waals surface area contributed by atoms with Crippen LogP contribution in [0.3, 0.4) is 0 Å². The lowest BCUT2D eigenvalue weighted by Crippen LogP contribution is -2.33. The maximum absolute atomic E-state index is 12.8. The number of thiazole rings is 1. The van der Waals surface area contributed by atoms with E-state index in [0.717, 1.165) is 36.5 Å². The molecule has 1 aromatic heterocycles. The molecule has 3 atom stereocenters. The predicted molar refractivity (Wildman–Crippen MR) is 109 cm³/mol. The van der Waals surface area contributed by atoms with Crippen LogP contribution in [0.2, 0.25) is 0 Å². The molecule has 1 saturated carbocycles. The first kappa shape index (κ1) is 19.3. The van der Waals surface area contributed by atoms with Crippen LogP contribution in [0.4, 0.5) is 0 Å². The van der Waals surface area contributed by atoms with Gasteiger partial charge in [0.2, 0.25) is 0 Å². The standard InChI is InChI=1S/C20H25N3OS.ClH/c1-12(2)13-3-5-14(6-4-13)19-22-18(11-25-19)20(24)23-9-15-7-8-17(21)16(15)10-23;/h3-6,11-12,15-17H,7-10,21H2,1-2H3;1H. The molecule has 4 nitrogen and oxygen atoms in total. The molecule has 1 aromatic carbocycles. The largest absolute Gasteiger partial charge is 0.337 e. The van der Waals surface area contributed by atoms with E-state index in [1.165, 1.54) is 5.56 Å². The van der Waals surface area contributed by atoms with Crippen LogP contribution >= 0.6 is 23.7 Å². The third-order valence-corrected chi connectivity index (χ3v) is 6.64. The molecule has 2 fully saturated rings. The van der Waals surface area contributed by atoms with Crippen LogP contribution in [0.1, 0.15) is 48.7 Å². The van der Waals surface area contributed by atoms with Crippen molar-refractivity contribution in [3.8, 4) is 10.6 Å². The van der Waals surface area contributed by atoms with E-state index in [1.54, 1.807) is 11.3 Å². The fourth-order valence-electron chi connectivity index (χ4n) is 4.15. The van der Waals surface area contributed by atoms with Gasteiger partial charge in [-0.15, -0.1) is 23.7 Å². The zero-order valence-electron chi connectivity index (χ0n) is 15.2. The highest BCUT2D eigenvalue weighted by Crippen LogP contribution is 2.37. The van der Waals surface area contributed by atoms with Gasteiger partial charge in [-0.05, 0) is 36.2 Å². The number of fused-ring (bicyclic) bond motifs is 1. The number of likely N-dealkylation sites (tertiary alicyclic amines) is 1.